The molecule has 0 aliphatic heterocycles. The van der Waals surface area contributed by atoms with Gasteiger partial charge in [0.1, 0.15) is 0 Å². The van der Waals surface area contributed by atoms with Crippen molar-refractivity contribution in [3.8, 4) is 0 Å². The maximum Gasteiger partial charge on any atom is 0.373 e. The van der Waals surface area contributed by atoms with Crippen LogP contribution in [0.2, 0.25) is 0 Å². The first-order chi connectivity index (χ1) is 17.4. The number of carbonyl (C=O) groups excluding carboxylic acids is 2. The van der Waals surface area contributed by atoms with E-state index in [9.17, 15) is 0 Å². The molecular formula is C36H72O2. The van der Waals surface area contributed by atoms with Gasteiger partial charge in [-0.05, 0) is 59.0 Å². The van der Waals surface area contributed by atoms with Gasteiger partial charge in [-0.25, -0.2) is 0 Å². The molecule has 0 radical (unpaired) electrons. The summed E-state index contributed by atoms with van der Waals surface area (Å²) in [4.78, 5) is 16.2. The predicted octanol–water partition coefficient (Wildman–Crippen LogP) is 12.4. The van der Waals surface area contributed by atoms with Gasteiger partial charge in [0.05, 0.1) is 0 Å². The van der Waals surface area contributed by atoms with E-state index < -0.39 is 0 Å². The second kappa shape index (κ2) is 31.8. The van der Waals surface area contributed by atoms with Gasteiger partial charge in [0, 0.05) is 0 Å². The van der Waals surface area contributed by atoms with Crippen LogP contribution >= 0.6 is 0 Å². The van der Waals surface area contributed by atoms with Crippen LogP contribution in [0.25, 0.3) is 0 Å². The van der Waals surface area contributed by atoms with E-state index >= 15 is 0 Å². The highest BCUT2D eigenvalue weighted by molar-refractivity contribution is 5.25. The van der Waals surface area contributed by atoms with Gasteiger partial charge >= 0.3 is 6.15 Å². The van der Waals surface area contributed by atoms with E-state index in [-0.39, 0.29) is 6.15 Å². The maximum absolute atomic E-state index is 8.12. The summed E-state index contributed by atoms with van der Waals surface area (Å²) in [6.07, 6.45) is 7.86. The second-order valence-electron chi connectivity index (χ2n) is 13.1. The normalized spacial score (nSPS) is 10.8. The molecule has 1 atom stereocenters. The Morgan fingerprint density at radius 1 is 0.579 bits per heavy atom. The highest BCUT2D eigenvalue weighted by atomic mass is 16.2. The molecule has 0 saturated carbocycles. The Hall–Kier alpha value is -1.40. The van der Waals surface area contributed by atoms with Crippen molar-refractivity contribution < 1.29 is 9.59 Å². The van der Waals surface area contributed by atoms with Crippen LogP contribution < -0.4 is 0 Å². The van der Waals surface area contributed by atoms with E-state index in [1.807, 2.05) is 0 Å². The molecule has 38 heavy (non-hydrogen) atoms. The molecule has 1 aromatic carbocycles. The molecule has 2 heteroatoms. The van der Waals surface area contributed by atoms with Gasteiger partial charge in [0.2, 0.25) is 0 Å². The number of hydrogen-bond donors (Lipinski definition) is 0. The van der Waals surface area contributed by atoms with E-state index in [4.69, 9.17) is 9.59 Å². The van der Waals surface area contributed by atoms with E-state index in [1.54, 1.807) is 0 Å². The molecule has 0 N–H and O–H groups in total. The Morgan fingerprint density at radius 2 is 0.842 bits per heavy atom. The molecule has 1 rings (SSSR count). The topological polar surface area (TPSA) is 34.1 Å². The lowest BCUT2D eigenvalue weighted by molar-refractivity contribution is -0.191. The molecule has 0 amide bonds. The van der Waals surface area contributed by atoms with Crippen molar-refractivity contribution >= 4 is 6.15 Å². The molecule has 0 aromatic heterocycles. The molecule has 0 aliphatic carbocycles. The Kier molecular flexibility index (Phi) is 38.9. The van der Waals surface area contributed by atoms with Crippen LogP contribution in [-0.4, -0.2) is 6.15 Å². The fourth-order valence-corrected chi connectivity index (χ4v) is 1.69. The van der Waals surface area contributed by atoms with Crippen molar-refractivity contribution in [2.75, 3.05) is 0 Å². The van der Waals surface area contributed by atoms with E-state index in [0.29, 0.717) is 11.3 Å². The monoisotopic (exact) mass is 537 g/mol. The summed E-state index contributed by atoms with van der Waals surface area (Å²) >= 11 is 0. The molecule has 0 bridgehead atoms. The lowest BCUT2D eigenvalue weighted by Gasteiger charge is -2.12. The molecule has 0 heterocycles. The van der Waals surface area contributed by atoms with Gasteiger partial charge in [-0.3, -0.25) is 0 Å². The van der Waals surface area contributed by atoms with E-state index in [2.05, 4.69) is 142 Å². The van der Waals surface area contributed by atoms with Gasteiger partial charge in [0.15, 0.2) is 0 Å². The van der Waals surface area contributed by atoms with Crippen LogP contribution in [0, 0.1) is 29.1 Å². The molecule has 1 unspecified atom stereocenters. The van der Waals surface area contributed by atoms with Crippen molar-refractivity contribution in [3.63, 3.8) is 0 Å². The minimum Gasteiger partial charge on any atom is -0.186 e. The molecule has 0 saturated heterocycles. The zero-order chi connectivity index (χ0) is 31.3. The highest BCUT2D eigenvalue weighted by Crippen LogP contribution is 2.19. The first-order valence-electron chi connectivity index (χ1n) is 15.5. The molecule has 0 aliphatic rings. The van der Waals surface area contributed by atoms with Crippen LogP contribution in [0.4, 0.5) is 0 Å². The summed E-state index contributed by atoms with van der Waals surface area (Å²) in [5, 5.41) is 0. The second-order valence-corrected chi connectivity index (χ2v) is 13.1. The van der Waals surface area contributed by atoms with Crippen molar-refractivity contribution in [1.82, 2.24) is 0 Å². The molecular weight excluding hydrogens is 464 g/mol. The zero-order valence-electron chi connectivity index (χ0n) is 29.3. The summed E-state index contributed by atoms with van der Waals surface area (Å²) < 4.78 is 0. The number of rotatable bonds is 7. The van der Waals surface area contributed by atoms with Gasteiger partial charge < -0.3 is 0 Å². The molecule has 2 nitrogen and oxygen atoms in total. The molecule has 0 spiro atoms. The van der Waals surface area contributed by atoms with Crippen molar-refractivity contribution in [2.24, 2.45) is 29.1 Å². The van der Waals surface area contributed by atoms with E-state index in [1.165, 1.54) is 49.7 Å². The number of hydrogen-bond acceptors (Lipinski definition) is 2. The fraction of sp³-hybridized carbons (Fsp3) is 0.806. The van der Waals surface area contributed by atoms with Crippen molar-refractivity contribution in [3.05, 3.63) is 35.4 Å². The van der Waals surface area contributed by atoms with Crippen molar-refractivity contribution in [2.45, 2.75) is 162 Å². The Labute approximate surface area is 242 Å². The first-order valence-corrected chi connectivity index (χ1v) is 15.5. The number of benzene rings is 1. The third kappa shape index (κ3) is 51.3. The predicted molar refractivity (Wildman–Crippen MR) is 174 cm³/mol. The summed E-state index contributed by atoms with van der Waals surface area (Å²) in [6, 6.07) is 9.13. The van der Waals surface area contributed by atoms with Gasteiger partial charge in [-0.1, -0.05) is 168 Å². The first kappa shape index (κ1) is 46.5. The average molecular weight is 537 g/mol. The lowest BCUT2D eigenvalue weighted by atomic mass is 9.94. The van der Waals surface area contributed by atoms with Crippen molar-refractivity contribution in [1.29, 1.82) is 0 Å². The largest absolute Gasteiger partial charge is 0.373 e. The summed E-state index contributed by atoms with van der Waals surface area (Å²) in [7, 11) is 0. The SMILES string of the molecule is CCC(C)(C)C.CCC(C)C.CCC(C)C.CCC(C)C.CCC(C)c1ccc(CC(C)C)cc1.O=C=O. The molecule has 1 aromatic rings. The molecule has 228 valence electrons. The summed E-state index contributed by atoms with van der Waals surface area (Å²) in [5.41, 5.74) is 3.48. The lowest BCUT2D eigenvalue weighted by Crippen LogP contribution is -2.00. The fourth-order valence-electron chi connectivity index (χ4n) is 1.69. The van der Waals surface area contributed by atoms with Crippen LogP contribution in [0.15, 0.2) is 24.3 Å². The third-order valence-corrected chi connectivity index (χ3v) is 6.32. The van der Waals surface area contributed by atoms with Gasteiger partial charge in [-0.15, -0.1) is 0 Å². The van der Waals surface area contributed by atoms with Crippen LogP contribution in [0.1, 0.15) is 167 Å². The standard InChI is InChI=1S/C14H22.C6H14.3C5H12.CO2/c1-5-12(4)14-8-6-13(7-9-14)10-11(2)3;1-5-6(2,3)4;3*1-4-5(2)3;2-1-3/h6-9,11-12H,5,10H2,1-4H3;5H2,1-4H3;3*5H,4H2,1-3H3;. The zero-order valence-corrected chi connectivity index (χ0v) is 29.3. The van der Waals surface area contributed by atoms with Gasteiger partial charge in [-0.2, -0.15) is 9.59 Å². The Balaban J connectivity index is -0.000000128. The van der Waals surface area contributed by atoms with Crippen LogP contribution in [-0.2, 0) is 16.0 Å². The minimum atomic E-state index is 0.250. The highest BCUT2D eigenvalue weighted by Gasteiger charge is 2.04. The van der Waals surface area contributed by atoms with Crippen LogP contribution in [0.5, 0.6) is 0 Å². The average Bonchev–Trinajstić information content (AvgIpc) is 2.85. The van der Waals surface area contributed by atoms with Gasteiger partial charge in [0.25, 0.3) is 0 Å². The Morgan fingerprint density at radius 3 is 1.00 bits per heavy atom. The molecule has 0 fully saturated rings. The summed E-state index contributed by atoms with van der Waals surface area (Å²) in [5.74, 6) is 4.10. The van der Waals surface area contributed by atoms with E-state index in [0.717, 1.165) is 23.7 Å². The summed E-state index contributed by atoms with van der Waals surface area (Å²) in [6.45, 7) is 37.9. The minimum absolute atomic E-state index is 0.250. The third-order valence-electron chi connectivity index (χ3n) is 6.32. The quantitative estimate of drug-likeness (QED) is 0.347. The van der Waals surface area contributed by atoms with Crippen LogP contribution in [0.3, 0.4) is 0 Å². The smallest absolute Gasteiger partial charge is 0.186 e. The Bertz CT molecular complexity index is 564. The maximum atomic E-state index is 8.12.